The Morgan fingerprint density at radius 2 is 0.800 bits per heavy atom. The molecule has 0 saturated carbocycles. The van der Waals surface area contributed by atoms with Crippen LogP contribution in [0.4, 0.5) is 0 Å². The molecule has 0 amide bonds. The van der Waals surface area contributed by atoms with E-state index in [0.717, 1.165) is 44.9 Å². The number of hydrogen-bond acceptors (Lipinski definition) is 11. The number of unbranched alkanes of at least 4 members (excludes halogenated alkanes) is 39. The van der Waals surface area contributed by atoms with Crippen molar-refractivity contribution in [1.82, 2.24) is 0 Å². The first-order chi connectivity index (χ1) is 36.5. The molecule has 0 radical (unpaired) electrons. The van der Waals surface area contributed by atoms with Crippen molar-refractivity contribution >= 4 is 22.1 Å². The van der Waals surface area contributed by atoms with Gasteiger partial charge in [-0.2, -0.15) is 8.42 Å². The maximum Gasteiger partial charge on any atom is 0.306 e. The fraction of sp³-hybridized carbons (Fsp3) is 0.903. The fourth-order valence-corrected chi connectivity index (χ4v) is 10.6. The lowest BCUT2D eigenvalue weighted by atomic mass is 10.00. The highest BCUT2D eigenvalue weighted by atomic mass is 32.2. The molecule has 1 rings (SSSR count). The Bertz CT molecular complexity index is 1460. The zero-order valence-electron chi connectivity index (χ0n) is 48.2. The van der Waals surface area contributed by atoms with Gasteiger partial charge in [0.2, 0.25) is 0 Å². The summed E-state index contributed by atoms with van der Waals surface area (Å²) in [6.45, 7) is 3.82. The van der Waals surface area contributed by atoms with Crippen molar-refractivity contribution in [3.05, 3.63) is 24.3 Å². The van der Waals surface area contributed by atoms with E-state index >= 15 is 0 Å². The summed E-state index contributed by atoms with van der Waals surface area (Å²) in [6.07, 6.45) is 53.7. The van der Waals surface area contributed by atoms with E-state index in [1.807, 2.05) is 0 Å². The van der Waals surface area contributed by atoms with Gasteiger partial charge in [-0.05, 0) is 44.9 Å². The normalized spacial score (nSPS) is 18.6. The minimum atomic E-state index is -4.61. The van der Waals surface area contributed by atoms with E-state index in [1.165, 1.54) is 218 Å². The zero-order chi connectivity index (χ0) is 54.7. The van der Waals surface area contributed by atoms with Crippen LogP contribution >= 0.6 is 0 Å². The highest BCUT2D eigenvalue weighted by Gasteiger charge is 2.46. The molecule has 0 aromatic rings. The second-order valence-electron chi connectivity index (χ2n) is 22.1. The summed E-state index contributed by atoms with van der Waals surface area (Å²) in [5, 5.41) is 31.1. The number of carbonyl (C=O) groups is 2. The van der Waals surface area contributed by atoms with Gasteiger partial charge in [-0.25, -0.2) is 0 Å². The molecule has 0 bridgehead atoms. The SMILES string of the molecule is CCCCCCC/C=C\C/C=C\CCCCCCCCCCCCCC(=O)OC(COC(=O)CCCCCCCCCCCCCCCCCCCCCCCCCC)COC1OC(CS(=O)(=O)O)C(O)C(O)C1O. The maximum absolute atomic E-state index is 13.0. The molecule has 4 N–H and O–H groups in total. The van der Waals surface area contributed by atoms with Gasteiger partial charge in [0.1, 0.15) is 36.8 Å². The average molecular weight is 1090 g/mol. The Labute approximate surface area is 459 Å². The molecular formula is C62H116O12S. The van der Waals surface area contributed by atoms with E-state index in [0.29, 0.717) is 12.8 Å². The van der Waals surface area contributed by atoms with Crippen LogP contribution in [0.5, 0.6) is 0 Å². The second-order valence-corrected chi connectivity index (χ2v) is 23.6. The van der Waals surface area contributed by atoms with Crippen LogP contribution < -0.4 is 0 Å². The van der Waals surface area contributed by atoms with E-state index in [2.05, 4.69) is 38.2 Å². The van der Waals surface area contributed by atoms with E-state index in [9.17, 15) is 37.9 Å². The van der Waals surface area contributed by atoms with E-state index < -0.39 is 71.2 Å². The summed E-state index contributed by atoms with van der Waals surface area (Å²) in [5.41, 5.74) is 0. The number of rotatable bonds is 55. The first-order valence-corrected chi connectivity index (χ1v) is 33.0. The molecule has 0 aromatic heterocycles. The van der Waals surface area contributed by atoms with Gasteiger partial charge in [0.25, 0.3) is 10.1 Å². The van der Waals surface area contributed by atoms with Crippen LogP contribution in [-0.4, -0.2) is 96.0 Å². The van der Waals surface area contributed by atoms with Crippen molar-refractivity contribution < 1.29 is 56.8 Å². The Hall–Kier alpha value is -1.87. The molecule has 0 aromatic carbocycles. The van der Waals surface area contributed by atoms with Crippen molar-refractivity contribution in [2.45, 2.75) is 340 Å². The minimum Gasteiger partial charge on any atom is -0.462 e. The average Bonchev–Trinajstić information content (AvgIpc) is 3.38. The van der Waals surface area contributed by atoms with Crippen molar-refractivity contribution in [3.63, 3.8) is 0 Å². The van der Waals surface area contributed by atoms with Crippen molar-refractivity contribution in [2.75, 3.05) is 19.0 Å². The smallest absolute Gasteiger partial charge is 0.306 e. The molecular weight excluding hydrogens is 969 g/mol. The highest BCUT2D eigenvalue weighted by molar-refractivity contribution is 7.85. The van der Waals surface area contributed by atoms with Gasteiger partial charge in [0.05, 0.1) is 6.61 Å². The lowest BCUT2D eigenvalue weighted by molar-refractivity contribution is -0.297. The van der Waals surface area contributed by atoms with Gasteiger partial charge in [-0.3, -0.25) is 14.1 Å². The predicted octanol–water partition coefficient (Wildman–Crippen LogP) is 15.9. The molecule has 0 aliphatic carbocycles. The van der Waals surface area contributed by atoms with Crippen LogP contribution in [0.25, 0.3) is 0 Å². The standard InChI is InChI=1S/C62H116O12S/c1-3-5-7-9-11-13-15-17-19-21-23-25-27-29-30-32-34-36-38-40-42-44-46-48-50-57(63)71-52-55(53-72-62-61(67)60(66)59(65)56(74-62)54-75(68,69)70)73-58(64)51-49-47-45-43-41-39-37-35-33-31-28-26-24-22-20-18-16-14-12-10-8-6-4-2/h16,18,22,24,55-56,59-62,65-67H,3-15,17,19-21,23,25-54H2,1-2H3,(H,68,69,70)/b18-16-,24-22-. The Morgan fingerprint density at radius 3 is 1.17 bits per heavy atom. The summed E-state index contributed by atoms with van der Waals surface area (Å²) < 4.78 is 54.5. The van der Waals surface area contributed by atoms with Crippen molar-refractivity contribution in [1.29, 1.82) is 0 Å². The molecule has 442 valence electrons. The van der Waals surface area contributed by atoms with Crippen LogP contribution in [0.1, 0.15) is 303 Å². The molecule has 1 fully saturated rings. The third kappa shape index (κ3) is 45.7. The van der Waals surface area contributed by atoms with Crippen LogP contribution in [0.2, 0.25) is 0 Å². The van der Waals surface area contributed by atoms with Gasteiger partial charge in [0, 0.05) is 12.8 Å². The largest absolute Gasteiger partial charge is 0.462 e. The number of ether oxygens (including phenoxy) is 4. The van der Waals surface area contributed by atoms with Gasteiger partial charge in [-0.15, -0.1) is 0 Å². The fourth-order valence-electron chi connectivity index (χ4n) is 9.95. The molecule has 6 unspecified atom stereocenters. The first-order valence-electron chi connectivity index (χ1n) is 31.4. The van der Waals surface area contributed by atoms with Crippen LogP contribution in [0, 0.1) is 0 Å². The van der Waals surface area contributed by atoms with E-state index in [1.54, 1.807) is 0 Å². The molecule has 75 heavy (non-hydrogen) atoms. The van der Waals surface area contributed by atoms with Gasteiger partial charge in [-0.1, -0.05) is 269 Å². The van der Waals surface area contributed by atoms with Gasteiger partial charge >= 0.3 is 11.9 Å². The second kappa shape index (κ2) is 51.6. The van der Waals surface area contributed by atoms with Crippen LogP contribution in [0.3, 0.4) is 0 Å². The number of esters is 2. The zero-order valence-corrected chi connectivity index (χ0v) is 49.0. The quantitative estimate of drug-likeness (QED) is 0.0196. The Morgan fingerprint density at radius 1 is 0.453 bits per heavy atom. The Kier molecular flexibility index (Phi) is 48.9. The number of carbonyl (C=O) groups excluding carboxylic acids is 2. The molecule has 12 nitrogen and oxygen atoms in total. The minimum absolute atomic E-state index is 0.166. The topological polar surface area (TPSA) is 186 Å². The maximum atomic E-state index is 13.0. The third-order valence-electron chi connectivity index (χ3n) is 14.8. The number of aliphatic hydroxyl groups is 3. The van der Waals surface area contributed by atoms with Crippen molar-refractivity contribution in [3.8, 4) is 0 Å². The van der Waals surface area contributed by atoms with Crippen LogP contribution in [-0.2, 0) is 38.7 Å². The van der Waals surface area contributed by atoms with Crippen molar-refractivity contribution in [2.24, 2.45) is 0 Å². The summed E-state index contributed by atoms with van der Waals surface area (Å²) >= 11 is 0. The lowest BCUT2D eigenvalue weighted by Gasteiger charge is -2.40. The summed E-state index contributed by atoms with van der Waals surface area (Å²) in [4.78, 5) is 25.7. The van der Waals surface area contributed by atoms with Gasteiger partial charge in [0.15, 0.2) is 12.4 Å². The number of allylic oxidation sites excluding steroid dienone is 4. The molecule has 1 heterocycles. The van der Waals surface area contributed by atoms with Crippen LogP contribution in [0.15, 0.2) is 24.3 Å². The molecule has 1 aliphatic rings. The molecule has 1 saturated heterocycles. The molecule has 0 spiro atoms. The number of aliphatic hydroxyl groups excluding tert-OH is 3. The monoisotopic (exact) mass is 1080 g/mol. The Balaban J connectivity index is 2.26. The number of hydrogen-bond donors (Lipinski definition) is 4. The summed E-state index contributed by atoms with van der Waals surface area (Å²) in [7, 11) is -4.61. The molecule has 1 aliphatic heterocycles. The predicted molar refractivity (Wildman–Crippen MR) is 307 cm³/mol. The highest BCUT2D eigenvalue weighted by Crippen LogP contribution is 2.24. The van der Waals surface area contributed by atoms with E-state index in [-0.39, 0.29) is 19.4 Å². The first kappa shape index (κ1) is 71.1. The third-order valence-corrected chi connectivity index (χ3v) is 15.5. The lowest BCUT2D eigenvalue weighted by Crippen LogP contribution is -2.60. The summed E-state index contributed by atoms with van der Waals surface area (Å²) in [6, 6.07) is 0. The molecule has 6 atom stereocenters. The molecule has 13 heteroatoms. The summed E-state index contributed by atoms with van der Waals surface area (Å²) in [5.74, 6) is -1.96. The van der Waals surface area contributed by atoms with Gasteiger partial charge < -0.3 is 34.3 Å². The van der Waals surface area contributed by atoms with E-state index in [4.69, 9.17) is 18.9 Å².